The molecule has 0 atom stereocenters. The van der Waals surface area contributed by atoms with Crippen LogP contribution in [0.1, 0.15) is 83.2 Å². The fourth-order valence-corrected chi connectivity index (χ4v) is 6.37. The van der Waals surface area contributed by atoms with E-state index in [-0.39, 0.29) is 11.8 Å². The summed E-state index contributed by atoms with van der Waals surface area (Å²) in [5.41, 5.74) is 5.14. The number of hydrazone groups is 2. The minimum Gasteiger partial charge on any atom is -0.497 e. The third-order valence-electron chi connectivity index (χ3n) is 10.2. The number of aromatic nitrogens is 2. The number of unbranched alkanes of at least 4 members (excludes halogenated alkanes) is 6. The number of aryl methyl sites for hydroxylation is 2. The third kappa shape index (κ3) is 15.0. The minimum absolute atomic E-state index is 0.118. The number of hydrogen-bond donors (Lipinski definition) is 2. The lowest BCUT2D eigenvalue weighted by Crippen LogP contribution is -2.32. The normalized spacial score (nSPS) is 11.1. The summed E-state index contributed by atoms with van der Waals surface area (Å²) in [6.07, 6.45) is 20.2. The number of hydrogen-bond acceptors (Lipinski definition) is 8. The van der Waals surface area contributed by atoms with E-state index in [1.54, 1.807) is 38.5 Å². The molecule has 2 heterocycles. The number of pyridine rings is 2. The number of nitrogens with one attached hydrogen (secondary N) is 2. The maximum absolute atomic E-state index is 12.7. The Hall–Kier alpha value is -6.56. The molecule has 0 unspecified atom stereocenters. The Morgan fingerprint density at radius 3 is 1.22 bits per heavy atom. The van der Waals surface area contributed by atoms with Crippen LogP contribution in [0.2, 0.25) is 0 Å². The second-order valence-corrected chi connectivity index (χ2v) is 14.6. The lowest BCUT2D eigenvalue weighted by molar-refractivity contribution is -0.697. The van der Waals surface area contributed by atoms with Gasteiger partial charge in [-0.1, -0.05) is 12.8 Å². The van der Waals surface area contributed by atoms with Crippen molar-refractivity contribution in [3.8, 4) is 11.5 Å². The largest absolute Gasteiger partial charge is 0.497 e. The van der Waals surface area contributed by atoms with E-state index in [1.807, 2.05) is 85.1 Å². The predicted molar refractivity (Wildman–Crippen MR) is 239 cm³/mol. The molecule has 0 spiro atoms. The highest BCUT2D eigenvalue weighted by Crippen LogP contribution is 2.19. The number of benzene rings is 3. The molecular formula is C48H60N8O4+2. The molecule has 0 saturated heterocycles. The highest BCUT2D eigenvalue weighted by atomic mass is 16.5. The molecule has 2 aromatic heterocycles. The number of amides is 2. The molecule has 60 heavy (non-hydrogen) atoms. The first kappa shape index (κ1) is 44.5. The van der Waals surface area contributed by atoms with Crippen molar-refractivity contribution in [3.63, 3.8) is 0 Å². The zero-order valence-electron chi connectivity index (χ0n) is 35.5. The highest BCUT2D eigenvalue weighted by Gasteiger charge is 2.10. The predicted octanol–water partition coefficient (Wildman–Crippen LogP) is 7.20. The Labute approximate surface area is 355 Å². The van der Waals surface area contributed by atoms with Crippen LogP contribution in [0.4, 0.5) is 11.4 Å². The molecule has 0 bridgehead atoms. The standard InChI is InChI=1S/C48H58N8O4/c1-53(43-17-21-45(59-3)22-18-43)51-37-39-25-33-55(34-26-39)31-11-7-5-9-29-49-47(57)41-13-15-42(16-14-41)48(58)50-30-10-6-8-12-32-56-35-27-40(28-36-56)38-52-54(2)44-19-23-46(60-4)24-20-44/h13-28,33-38H,5-12,29-32H2,1-4H3/p+2. The molecule has 0 aliphatic carbocycles. The maximum Gasteiger partial charge on any atom is 0.251 e. The Balaban J connectivity index is 0.869. The smallest absolute Gasteiger partial charge is 0.251 e. The van der Waals surface area contributed by atoms with Crippen LogP contribution < -0.4 is 39.3 Å². The van der Waals surface area contributed by atoms with Crippen molar-refractivity contribution in [2.45, 2.75) is 64.5 Å². The number of nitrogens with zero attached hydrogens (tertiary/aromatic N) is 6. The Morgan fingerprint density at radius 2 is 0.867 bits per heavy atom. The summed E-state index contributed by atoms with van der Waals surface area (Å²) in [5, 5.41) is 18.8. The minimum atomic E-state index is -0.118. The van der Waals surface area contributed by atoms with Gasteiger partial charge in [0.15, 0.2) is 24.8 Å². The van der Waals surface area contributed by atoms with Crippen LogP contribution in [0, 0.1) is 0 Å². The second-order valence-electron chi connectivity index (χ2n) is 14.6. The van der Waals surface area contributed by atoms with Crippen molar-refractivity contribution in [3.05, 3.63) is 144 Å². The van der Waals surface area contributed by atoms with Gasteiger partial charge in [0.2, 0.25) is 0 Å². The summed E-state index contributed by atoms with van der Waals surface area (Å²) in [5.74, 6) is 1.40. The molecule has 5 aromatic rings. The van der Waals surface area contributed by atoms with Gasteiger partial charge in [-0.2, -0.15) is 10.2 Å². The number of carbonyl (C=O) groups is 2. The molecule has 0 radical (unpaired) electrons. The fourth-order valence-electron chi connectivity index (χ4n) is 6.37. The average Bonchev–Trinajstić information content (AvgIpc) is 3.30. The van der Waals surface area contributed by atoms with E-state index in [1.165, 1.54) is 0 Å². The molecule has 12 nitrogen and oxygen atoms in total. The molecule has 2 N–H and O–H groups in total. The van der Waals surface area contributed by atoms with E-state index in [0.29, 0.717) is 24.2 Å². The van der Waals surface area contributed by atoms with Crippen molar-refractivity contribution in [2.24, 2.45) is 10.2 Å². The van der Waals surface area contributed by atoms with Crippen LogP contribution in [0.15, 0.2) is 132 Å². The quantitative estimate of drug-likeness (QED) is 0.0295. The summed E-state index contributed by atoms with van der Waals surface area (Å²) in [7, 11) is 7.15. The molecule has 0 fully saturated rings. The molecule has 3 aromatic carbocycles. The maximum atomic E-state index is 12.7. The summed E-state index contributed by atoms with van der Waals surface area (Å²) >= 11 is 0. The highest BCUT2D eigenvalue weighted by molar-refractivity contribution is 5.97. The van der Waals surface area contributed by atoms with Gasteiger partial charge in [0.1, 0.15) is 24.6 Å². The first-order valence-electron chi connectivity index (χ1n) is 20.8. The van der Waals surface area contributed by atoms with E-state index < -0.39 is 0 Å². The SMILES string of the molecule is COc1ccc(N(C)/N=C/c2cc[n+](CCCCCCNC(=O)c3ccc(C(=O)NCCCCCC[n+]4ccc(/C=N/N(C)c5ccc(OC)cc5)cc4)cc3)cc2)cc1. The van der Waals surface area contributed by atoms with Gasteiger partial charge in [-0.3, -0.25) is 19.6 Å². The Kier molecular flexibility index (Phi) is 18.1. The number of methoxy groups -OCH3 is 2. The van der Waals surface area contributed by atoms with Crippen molar-refractivity contribution < 1.29 is 28.2 Å². The first-order chi connectivity index (χ1) is 29.3. The van der Waals surface area contributed by atoms with E-state index in [9.17, 15) is 9.59 Å². The lowest BCUT2D eigenvalue weighted by Gasteiger charge is -2.13. The van der Waals surface area contributed by atoms with Crippen LogP contribution in [-0.4, -0.2) is 65.6 Å². The monoisotopic (exact) mass is 812 g/mol. The van der Waals surface area contributed by atoms with Crippen molar-refractivity contribution in [2.75, 3.05) is 51.4 Å². The Bertz CT molecular complexity index is 1940. The van der Waals surface area contributed by atoms with Gasteiger partial charge in [-0.25, -0.2) is 9.13 Å². The van der Waals surface area contributed by atoms with Crippen LogP contribution in [0.25, 0.3) is 0 Å². The van der Waals surface area contributed by atoms with Crippen LogP contribution in [0.5, 0.6) is 11.5 Å². The van der Waals surface area contributed by atoms with Crippen LogP contribution in [0.3, 0.4) is 0 Å². The summed E-state index contributed by atoms with van der Waals surface area (Å²) in [6, 6.07) is 30.7. The van der Waals surface area contributed by atoms with Crippen molar-refractivity contribution >= 4 is 35.6 Å². The average molecular weight is 813 g/mol. The number of carbonyl (C=O) groups excluding carboxylic acids is 2. The summed E-state index contributed by atoms with van der Waals surface area (Å²) in [4.78, 5) is 25.4. The molecule has 0 aliphatic heterocycles. The summed E-state index contributed by atoms with van der Waals surface area (Å²) in [6.45, 7) is 3.12. The second kappa shape index (κ2) is 24.4. The van der Waals surface area contributed by atoms with Gasteiger partial charge in [0.25, 0.3) is 11.8 Å². The molecular weight excluding hydrogens is 753 g/mol. The molecule has 12 heteroatoms. The van der Waals surface area contributed by atoms with Crippen molar-refractivity contribution in [1.29, 1.82) is 0 Å². The number of ether oxygens (including phenoxy) is 2. The van der Waals surface area contributed by atoms with E-state index in [4.69, 9.17) is 9.47 Å². The van der Waals surface area contributed by atoms with E-state index in [2.05, 4.69) is 79.0 Å². The lowest BCUT2D eigenvalue weighted by atomic mass is 10.1. The Morgan fingerprint density at radius 1 is 0.517 bits per heavy atom. The topological polar surface area (TPSA) is 116 Å². The first-order valence-corrected chi connectivity index (χ1v) is 20.8. The fraction of sp³-hybridized carbons (Fsp3) is 0.333. The zero-order chi connectivity index (χ0) is 42.4. The molecule has 5 rings (SSSR count). The molecule has 0 saturated carbocycles. The van der Waals surface area contributed by atoms with Gasteiger partial charge in [0.05, 0.1) is 38.0 Å². The van der Waals surface area contributed by atoms with Gasteiger partial charge >= 0.3 is 0 Å². The third-order valence-corrected chi connectivity index (χ3v) is 10.2. The van der Waals surface area contributed by atoms with E-state index >= 15 is 0 Å². The zero-order valence-corrected chi connectivity index (χ0v) is 35.5. The van der Waals surface area contributed by atoms with Crippen molar-refractivity contribution in [1.82, 2.24) is 10.6 Å². The van der Waals surface area contributed by atoms with E-state index in [0.717, 1.165) is 98.5 Å². The number of rotatable bonds is 24. The number of anilines is 2. The van der Waals surface area contributed by atoms with Gasteiger partial charge in [0, 0.05) is 86.5 Å². The molecule has 0 aliphatic rings. The molecule has 314 valence electrons. The molecule has 2 amide bonds. The van der Waals surface area contributed by atoms with Gasteiger partial charge < -0.3 is 20.1 Å². The summed E-state index contributed by atoms with van der Waals surface area (Å²) < 4.78 is 14.8. The van der Waals surface area contributed by atoms with Crippen LogP contribution in [-0.2, 0) is 13.1 Å². The van der Waals surface area contributed by atoms with Gasteiger partial charge in [-0.15, -0.1) is 0 Å². The van der Waals surface area contributed by atoms with Gasteiger partial charge in [-0.05, 0) is 98.5 Å². The van der Waals surface area contributed by atoms with Crippen LogP contribution >= 0.6 is 0 Å².